The van der Waals surface area contributed by atoms with Crippen LogP contribution in [0.5, 0.6) is 5.75 Å². The predicted octanol–water partition coefficient (Wildman–Crippen LogP) is 2.33. The standard InChI is InChI=1S/C23H34N2O5/c1-29-16-8-21(27)24-12-5-4-9-23(18-26)10-13-25(14-11-23)22(28)19-6-2-3-7-20(19)30-17-15-24/h2-3,6-7,26H,4-5,8-18H2,1H3. The molecule has 0 saturated carbocycles. The lowest BCUT2D eigenvalue weighted by atomic mass is 9.75. The number of rotatable bonds is 4. The first-order valence-corrected chi connectivity index (χ1v) is 11.0. The van der Waals surface area contributed by atoms with Gasteiger partial charge in [0.25, 0.3) is 5.91 Å². The molecule has 0 spiro atoms. The number of methoxy groups -OCH3 is 1. The van der Waals surface area contributed by atoms with E-state index in [1.807, 2.05) is 28.0 Å². The van der Waals surface area contributed by atoms with Crippen molar-refractivity contribution in [1.82, 2.24) is 9.80 Å². The Hall–Kier alpha value is -2.12. The van der Waals surface area contributed by atoms with Crippen LogP contribution in [-0.2, 0) is 9.53 Å². The van der Waals surface area contributed by atoms with Gasteiger partial charge in [0, 0.05) is 33.4 Å². The van der Waals surface area contributed by atoms with Gasteiger partial charge < -0.3 is 24.4 Å². The Morgan fingerprint density at radius 2 is 1.90 bits per heavy atom. The zero-order valence-corrected chi connectivity index (χ0v) is 18.0. The summed E-state index contributed by atoms with van der Waals surface area (Å²) in [6.45, 7) is 3.32. The van der Waals surface area contributed by atoms with Crippen molar-refractivity contribution in [3.8, 4) is 5.75 Å². The van der Waals surface area contributed by atoms with Crippen molar-refractivity contribution >= 4 is 11.8 Å². The molecule has 0 unspecified atom stereocenters. The highest BCUT2D eigenvalue weighted by molar-refractivity contribution is 5.97. The highest BCUT2D eigenvalue weighted by Crippen LogP contribution is 2.37. The van der Waals surface area contributed by atoms with E-state index in [1.54, 1.807) is 13.2 Å². The van der Waals surface area contributed by atoms with Crippen molar-refractivity contribution in [2.24, 2.45) is 5.41 Å². The Bertz CT molecular complexity index is 715. The Morgan fingerprint density at radius 1 is 1.13 bits per heavy atom. The van der Waals surface area contributed by atoms with Crippen LogP contribution in [0.3, 0.4) is 0 Å². The molecule has 1 saturated heterocycles. The second-order valence-electron chi connectivity index (χ2n) is 8.38. The fourth-order valence-electron chi connectivity index (χ4n) is 4.39. The topological polar surface area (TPSA) is 79.3 Å². The summed E-state index contributed by atoms with van der Waals surface area (Å²) in [5, 5.41) is 10.1. The van der Waals surface area contributed by atoms with Crippen molar-refractivity contribution in [1.29, 1.82) is 0 Å². The molecule has 0 aromatic heterocycles. The highest BCUT2D eigenvalue weighted by Gasteiger charge is 2.35. The summed E-state index contributed by atoms with van der Waals surface area (Å²) in [6, 6.07) is 7.31. The van der Waals surface area contributed by atoms with E-state index < -0.39 is 0 Å². The predicted molar refractivity (Wildman–Crippen MR) is 114 cm³/mol. The summed E-state index contributed by atoms with van der Waals surface area (Å²) in [4.78, 5) is 29.4. The summed E-state index contributed by atoms with van der Waals surface area (Å²) in [6.07, 6.45) is 4.70. The van der Waals surface area contributed by atoms with Crippen LogP contribution in [-0.4, -0.2) is 79.8 Å². The molecule has 3 aliphatic heterocycles. The molecule has 2 bridgehead atoms. The number of aliphatic hydroxyl groups is 1. The van der Waals surface area contributed by atoms with Crippen LogP contribution < -0.4 is 4.74 Å². The molecular formula is C23H34N2O5. The van der Waals surface area contributed by atoms with Crippen LogP contribution >= 0.6 is 0 Å². The highest BCUT2D eigenvalue weighted by atomic mass is 16.5. The number of aliphatic hydroxyl groups excluding tert-OH is 1. The second kappa shape index (κ2) is 10.8. The number of fused-ring (bicyclic) bond motifs is 9. The Kier molecular flexibility index (Phi) is 8.10. The van der Waals surface area contributed by atoms with Crippen LogP contribution in [0.2, 0.25) is 0 Å². The minimum absolute atomic E-state index is 0.0277. The summed E-state index contributed by atoms with van der Waals surface area (Å²) in [7, 11) is 1.59. The van der Waals surface area contributed by atoms with Gasteiger partial charge in [-0.3, -0.25) is 9.59 Å². The van der Waals surface area contributed by atoms with Gasteiger partial charge in [-0.1, -0.05) is 18.6 Å². The first-order valence-electron chi connectivity index (χ1n) is 11.0. The summed E-state index contributed by atoms with van der Waals surface area (Å²) in [5.41, 5.74) is 0.429. The largest absolute Gasteiger partial charge is 0.491 e. The van der Waals surface area contributed by atoms with Gasteiger partial charge in [0.2, 0.25) is 5.91 Å². The summed E-state index contributed by atoms with van der Waals surface area (Å²) >= 11 is 0. The molecule has 166 valence electrons. The zero-order valence-electron chi connectivity index (χ0n) is 18.0. The van der Waals surface area contributed by atoms with Gasteiger partial charge in [-0.2, -0.15) is 0 Å². The molecule has 1 aromatic carbocycles. The molecular weight excluding hydrogens is 384 g/mol. The van der Waals surface area contributed by atoms with E-state index in [0.717, 1.165) is 32.1 Å². The molecule has 1 N–H and O–H groups in total. The maximum atomic E-state index is 13.1. The number of hydrogen-bond acceptors (Lipinski definition) is 5. The van der Waals surface area contributed by atoms with E-state index in [9.17, 15) is 14.7 Å². The smallest absolute Gasteiger partial charge is 0.257 e. The number of benzene rings is 1. The van der Waals surface area contributed by atoms with E-state index in [1.165, 1.54) is 0 Å². The van der Waals surface area contributed by atoms with Crippen molar-refractivity contribution in [2.75, 3.05) is 53.1 Å². The zero-order chi connectivity index (χ0) is 21.4. The van der Waals surface area contributed by atoms with Gasteiger partial charge in [0.05, 0.1) is 25.1 Å². The Balaban J connectivity index is 1.79. The van der Waals surface area contributed by atoms with Gasteiger partial charge in [0.15, 0.2) is 0 Å². The molecule has 1 aromatic rings. The van der Waals surface area contributed by atoms with Crippen LogP contribution in [0.4, 0.5) is 0 Å². The molecule has 7 nitrogen and oxygen atoms in total. The van der Waals surface area contributed by atoms with Gasteiger partial charge in [-0.15, -0.1) is 0 Å². The molecule has 7 heteroatoms. The van der Waals surface area contributed by atoms with Crippen molar-refractivity contribution < 1.29 is 24.2 Å². The SMILES string of the molecule is COCCC(=O)N1CCCCC2(CO)CCN(CC2)C(=O)c2ccccc2OCC1. The number of nitrogens with zero attached hydrogens (tertiary/aromatic N) is 2. The summed E-state index contributed by atoms with van der Waals surface area (Å²) < 4.78 is 11.0. The molecule has 2 amide bonds. The quantitative estimate of drug-likeness (QED) is 0.812. The number of carbonyl (C=O) groups excluding carboxylic acids is 2. The van der Waals surface area contributed by atoms with E-state index in [0.29, 0.717) is 57.1 Å². The first kappa shape index (κ1) is 22.6. The number of piperidine rings is 1. The molecule has 3 aliphatic rings. The third-order valence-electron chi connectivity index (χ3n) is 6.44. The Morgan fingerprint density at radius 3 is 2.63 bits per heavy atom. The average molecular weight is 419 g/mol. The number of para-hydroxylation sites is 1. The van der Waals surface area contributed by atoms with Crippen LogP contribution in [0.15, 0.2) is 24.3 Å². The third-order valence-corrected chi connectivity index (χ3v) is 6.44. The fourth-order valence-corrected chi connectivity index (χ4v) is 4.39. The lowest BCUT2D eigenvalue weighted by Crippen LogP contribution is -2.44. The molecule has 1 fully saturated rings. The van der Waals surface area contributed by atoms with Gasteiger partial charge in [0.1, 0.15) is 12.4 Å². The van der Waals surface area contributed by atoms with Gasteiger partial charge >= 0.3 is 0 Å². The normalized spacial score (nSPS) is 20.1. The number of ether oxygens (including phenoxy) is 2. The van der Waals surface area contributed by atoms with Crippen LogP contribution in [0, 0.1) is 5.41 Å². The van der Waals surface area contributed by atoms with E-state index in [2.05, 4.69) is 0 Å². The van der Waals surface area contributed by atoms with Crippen molar-refractivity contribution in [3.05, 3.63) is 29.8 Å². The number of amides is 2. The molecule has 4 rings (SSSR count). The lowest BCUT2D eigenvalue weighted by molar-refractivity contribution is -0.132. The molecule has 0 aliphatic carbocycles. The molecule has 3 heterocycles. The van der Waals surface area contributed by atoms with Gasteiger partial charge in [-0.25, -0.2) is 0 Å². The average Bonchev–Trinajstić information content (AvgIpc) is 2.79. The second-order valence-corrected chi connectivity index (χ2v) is 8.38. The molecule has 30 heavy (non-hydrogen) atoms. The Labute approximate surface area is 178 Å². The monoisotopic (exact) mass is 418 g/mol. The van der Waals surface area contributed by atoms with E-state index >= 15 is 0 Å². The minimum atomic E-state index is -0.127. The lowest BCUT2D eigenvalue weighted by Gasteiger charge is -2.41. The number of hydrogen-bond donors (Lipinski definition) is 1. The molecule has 0 atom stereocenters. The van der Waals surface area contributed by atoms with Crippen molar-refractivity contribution in [3.63, 3.8) is 0 Å². The van der Waals surface area contributed by atoms with Gasteiger partial charge in [-0.05, 0) is 43.2 Å². The first-order chi connectivity index (χ1) is 14.6. The maximum absolute atomic E-state index is 13.1. The van der Waals surface area contributed by atoms with Crippen LogP contribution in [0.1, 0.15) is 48.9 Å². The van der Waals surface area contributed by atoms with Crippen LogP contribution in [0.25, 0.3) is 0 Å². The van der Waals surface area contributed by atoms with E-state index in [-0.39, 0.29) is 23.8 Å². The minimum Gasteiger partial charge on any atom is -0.491 e. The fraction of sp³-hybridized carbons (Fsp3) is 0.652. The summed E-state index contributed by atoms with van der Waals surface area (Å²) in [5.74, 6) is 0.582. The van der Waals surface area contributed by atoms with Crippen molar-refractivity contribution in [2.45, 2.75) is 38.5 Å². The maximum Gasteiger partial charge on any atom is 0.257 e. The molecule has 0 radical (unpaired) electrons. The third kappa shape index (κ3) is 5.52. The van der Waals surface area contributed by atoms with E-state index in [4.69, 9.17) is 9.47 Å². The number of carbonyl (C=O) groups is 2.